The highest BCUT2D eigenvalue weighted by molar-refractivity contribution is 5.66. The summed E-state index contributed by atoms with van der Waals surface area (Å²) in [5.74, 6) is -0.385. The van der Waals surface area contributed by atoms with Crippen molar-refractivity contribution in [2.45, 2.75) is 40.5 Å². The van der Waals surface area contributed by atoms with Crippen LogP contribution >= 0.6 is 0 Å². The Bertz CT molecular complexity index is 136. The molecule has 4 nitrogen and oxygen atoms in total. The van der Waals surface area contributed by atoms with Gasteiger partial charge < -0.3 is 9.47 Å². The molecule has 0 aliphatic rings. The van der Waals surface area contributed by atoms with Crippen molar-refractivity contribution >= 4 is 11.9 Å². The Morgan fingerprint density at radius 1 is 0.857 bits per heavy atom. The van der Waals surface area contributed by atoms with E-state index in [1.165, 1.54) is 13.8 Å². The summed E-state index contributed by atoms with van der Waals surface area (Å²) >= 11 is 0. The monoisotopic (exact) mass is 204 g/mol. The van der Waals surface area contributed by atoms with Crippen molar-refractivity contribution < 1.29 is 19.1 Å². The SMILES string of the molecule is CCCOC(C)=O.CCCOC(C)=O. The first-order valence-corrected chi connectivity index (χ1v) is 4.81. The van der Waals surface area contributed by atoms with Crippen LogP contribution in [0.3, 0.4) is 0 Å². The maximum Gasteiger partial charge on any atom is 0.302 e. The van der Waals surface area contributed by atoms with E-state index in [-0.39, 0.29) is 11.9 Å². The molecule has 0 rings (SSSR count). The molecule has 4 heteroatoms. The molecule has 0 aromatic carbocycles. The smallest absolute Gasteiger partial charge is 0.302 e. The summed E-state index contributed by atoms with van der Waals surface area (Å²) in [6, 6.07) is 0. The largest absolute Gasteiger partial charge is 0.466 e. The topological polar surface area (TPSA) is 52.6 Å². The van der Waals surface area contributed by atoms with Crippen LogP contribution in [0.2, 0.25) is 0 Å². The first-order chi connectivity index (χ1) is 6.54. The van der Waals surface area contributed by atoms with Gasteiger partial charge in [0.25, 0.3) is 0 Å². The van der Waals surface area contributed by atoms with Gasteiger partial charge in [0, 0.05) is 13.8 Å². The molecule has 84 valence electrons. The van der Waals surface area contributed by atoms with E-state index >= 15 is 0 Å². The second-order valence-corrected chi connectivity index (χ2v) is 2.68. The average molecular weight is 204 g/mol. The van der Waals surface area contributed by atoms with Crippen LogP contribution in [0, 0.1) is 0 Å². The van der Waals surface area contributed by atoms with Gasteiger partial charge in [0.1, 0.15) is 0 Å². The number of carbonyl (C=O) groups excluding carboxylic acids is 2. The minimum atomic E-state index is -0.193. The summed E-state index contributed by atoms with van der Waals surface area (Å²) < 4.78 is 9.10. The van der Waals surface area contributed by atoms with Gasteiger partial charge in [-0.05, 0) is 12.8 Å². The minimum Gasteiger partial charge on any atom is -0.466 e. The standard InChI is InChI=1S/2C5H10O2/c2*1-3-4-7-5(2)6/h2*3-4H2,1-2H3. The first-order valence-electron chi connectivity index (χ1n) is 4.81. The lowest BCUT2D eigenvalue weighted by Crippen LogP contribution is -1.98. The molecule has 0 aromatic heterocycles. The lowest BCUT2D eigenvalue weighted by molar-refractivity contribution is -0.141. The summed E-state index contributed by atoms with van der Waals surface area (Å²) in [6.45, 7) is 7.85. The summed E-state index contributed by atoms with van der Waals surface area (Å²) in [7, 11) is 0. The quantitative estimate of drug-likeness (QED) is 0.656. The molecule has 0 bridgehead atoms. The van der Waals surface area contributed by atoms with Gasteiger partial charge in [-0.15, -0.1) is 0 Å². The van der Waals surface area contributed by atoms with Gasteiger partial charge in [0.05, 0.1) is 13.2 Å². The predicted molar refractivity (Wildman–Crippen MR) is 53.8 cm³/mol. The summed E-state index contributed by atoms with van der Waals surface area (Å²) in [5, 5.41) is 0. The van der Waals surface area contributed by atoms with E-state index in [4.69, 9.17) is 0 Å². The molecule has 0 atom stereocenters. The molecule has 0 aliphatic carbocycles. The van der Waals surface area contributed by atoms with Crippen molar-refractivity contribution in [1.82, 2.24) is 0 Å². The molecule has 0 heterocycles. The molecule has 0 amide bonds. The van der Waals surface area contributed by atoms with Gasteiger partial charge >= 0.3 is 11.9 Å². The second-order valence-electron chi connectivity index (χ2n) is 2.68. The summed E-state index contributed by atoms with van der Waals surface area (Å²) in [4.78, 5) is 20.0. The molecule has 0 N–H and O–H groups in total. The van der Waals surface area contributed by atoms with E-state index in [9.17, 15) is 9.59 Å². The molecule has 0 fully saturated rings. The van der Waals surface area contributed by atoms with Crippen LogP contribution in [0.5, 0.6) is 0 Å². The molecule has 0 saturated heterocycles. The summed E-state index contributed by atoms with van der Waals surface area (Å²) in [6.07, 6.45) is 1.80. The molecule has 0 unspecified atom stereocenters. The average Bonchev–Trinajstić information content (AvgIpc) is 2.12. The Labute approximate surface area is 85.6 Å². The van der Waals surface area contributed by atoms with E-state index in [1.807, 2.05) is 13.8 Å². The molecule has 0 aromatic rings. The molecule has 14 heavy (non-hydrogen) atoms. The Hall–Kier alpha value is -1.06. The van der Waals surface area contributed by atoms with Crippen LogP contribution in [-0.4, -0.2) is 25.2 Å². The van der Waals surface area contributed by atoms with Crippen LogP contribution in [0.15, 0.2) is 0 Å². The fourth-order valence-electron chi connectivity index (χ4n) is 0.492. The molecule has 0 saturated carbocycles. The van der Waals surface area contributed by atoms with E-state index in [0.29, 0.717) is 13.2 Å². The number of ether oxygens (including phenoxy) is 2. The van der Waals surface area contributed by atoms with E-state index in [1.54, 1.807) is 0 Å². The van der Waals surface area contributed by atoms with Crippen molar-refractivity contribution in [2.75, 3.05) is 13.2 Å². The minimum absolute atomic E-state index is 0.193. The van der Waals surface area contributed by atoms with Crippen molar-refractivity contribution in [2.24, 2.45) is 0 Å². The predicted octanol–water partition coefficient (Wildman–Crippen LogP) is 1.92. The summed E-state index contributed by atoms with van der Waals surface area (Å²) in [5.41, 5.74) is 0. The Balaban J connectivity index is 0. The molecular weight excluding hydrogens is 184 g/mol. The van der Waals surface area contributed by atoms with Gasteiger partial charge in [-0.3, -0.25) is 9.59 Å². The zero-order valence-corrected chi connectivity index (χ0v) is 9.46. The number of hydrogen-bond donors (Lipinski definition) is 0. The van der Waals surface area contributed by atoms with E-state index in [2.05, 4.69) is 9.47 Å². The zero-order chi connectivity index (χ0) is 11.4. The van der Waals surface area contributed by atoms with Gasteiger partial charge in [-0.1, -0.05) is 13.8 Å². The van der Waals surface area contributed by atoms with Crippen LogP contribution in [0.25, 0.3) is 0 Å². The fraction of sp³-hybridized carbons (Fsp3) is 0.800. The van der Waals surface area contributed by atoms with Gasteiger partial charge in [-0.2, -0.15) is 0 Å². The van der Waals surface area contributed by atoms with Crippen LogP contribution in [0.1, 0.15) is 40.5 Å². The first kappa shape index (κ1) is 15.4. The normalized spacial score (nSPS) is 8.29. The molecular formula is C10H20O4. The van der Waals surface area contributed by atoms with Crippen molar-refractivity contribution in [3.05, 3.63) is 0 Å². The number of carbonyl (C=O) groups is 2. The van der Waals surface area contributed by atoms with Crippen molar-refractivity contribution in [3.8, 4) is 0 Å². The maximum atomic E-state index is 9.98. The van der Waals surface area contributed by atoms with Crippen molar-refractivity contribution in [1.29, 1.82) is 0 Å². The van der Waals surface area contributed by atoms with E-state index in [0.717, 1.165) is 12.8 Å². The zero-order valence-electron chi connectivity index (χ0n) is 9.46. The highest BCUT2D eigenvalue weighted by atomic mass is 16.5. The van der Waals surface area contributed by atoms with Gasteiger partial charge in [-0.25, -0.2) is 0 Å². The van der Waals surface area contributed by atoms with Gasteiger partial charge in [0.2, 0.25) is 0 Å². The Morgan fingerprint density at radius 2 is 1.14 bits per heavy atom. The lowest BCUT2D eigenvalue weighted by Gasteiger charge is -1.93. The van der Waals surface area contributed by atoms with E-state index < -0.39 is 0 Å². The Kier molecular flexibility index (Phi) is 13.1. The van der Waals surface area contributed by atoms with Crippen LogP contribution in [-0.2, 0) is 19.1 Å². The molecule has 0 aliphatic heterocycles. The van der Waals surface area contributed by atoms with Gasteiger partial charge in [0.15, 0.2) is 0 Å². The molecule has 0 spiro atoms. The lowest BCUT2D eigenvalue weighted by atomic mass is 10.5. The number of esters is 2. The fourth-order valence-corrected chi connectivity index (χ4v) is 0.492. The maximum absolute atomic E-state index is 9.98. The highest BCUT2D eigenvalue weighted by Gasteiger charge is 1.86. The third kappa shape index (κ3) is 22.4. The third-order valence-electron chi connectivity index (χ3n) is 1.02. The third-order valence-corrected chi connectivity index (χ3v) is 1.02. The highest BCUT2D eigenvalue weighted by Crippen LogP contribution is 1.79. The van der Waals surface area contributed by atoms with Crippen LogP contribution in [0.4, 0.5) is 0 Å². The number of hydrogen-bond acceptors (Lipinski definition) is 4. The van der Waals surface area contributed by atoms with Crippen molar-refractivity contribution in [3.63, 3.8) is 0 Å². The Morgan fingerprint density at radius 3 is 1.21 bits per heavy atom. The second kappa shape index (κ2) is 11.9. The van der Waals surface area contributed by atoms with Crippen LogP contribution < -0.4 is 0 Å². The molecule has 0 radical (unpaired) electrons. The number of rotatable bonds is 4.